The molecule has 0 spiro atoms. The Kier molecular flexibility index (Phi) is 3.94. The Bertz CT molecular complexity index is 1060. The Morgan fingerprint density at radius 1 is 1.25 bits per heavy atom. The Labute approximate surface area is 137 Å². The van der Waals surface area contributed by atoms with Gasteiger partial charge in [0.2, 0.25) is 0 Å². The predicted molar refractivity (Wildman–Crippen MR) is 91.8 cm³/mol. The summed E-state index contributed by atoms with van der Waals surface area (Å²) in [4.78, 5) is 26.3. The summed E-state index contributed by atoms with van der Waals surface area (Å²) in [5.41, 5.74) is 0.688. The summed E-state index contributed by atoms with van der Waals surface area (Å²) in [7, 11) is 0. The molecule has 1 N–H and O–H groups in total. The van der Waals surface area contributed by atoms with Crippen LogP contribution in [-0.2, 0) is 13.2 Å². The standard InChI is InChI=1S/C17H18N4O3/c1-4-19-15(10-22)18-21(17(19)24)20-9-14(11(2)3)12-7-5-6-8-13(12)16(20)23/h5-9,22H,2,4,10H2,1,3H3. The van der Waals surface area contributed by atoms with Crippen LogP contribution in [0.3, 0.4) is 0 Å². The Morgan fingerprint density at radius 2 is 1.92 bits per heavy atom. The number of aliphatic hydroxyl groups excluding tert-OH is 1. The zero-order valence-corrected chi connectivity index (χ0v) is 13.6. The first-order valence-corrected chi connectivity index (χ1v) is 7.60. The average molecular weight is 326 g/mol. The van der Waals surface area contributed by atoms with Crippen molar-refractivity contribution in [2.24, 2.45) is 0 Å². The van der Waals surface area contributed by atoms with Crippen molar-refractivity contribution in [1.82, 2.24) is 19.1 Å². The van der Waals surface area contributed by atoms with Crippen LogP contribution in [0.25, 0.3) is 16.3 Å². The number of pyridine rings is 1. The van der Waals surface area contributed by atoms with E-state index in [1.807, 2.05) is 19.1 Å². The van der Waals surface area contributed by atoms with E-state index in [9.17, 15) is 14.7 Å². The Morgan fingerprint density at radius 3 is 2.46 bits per heavy atom. The Balaban J connectivity index is 2.42. The summed E-state index contributed by atoms with van der Waals surface area (Å²) in [6.07, 6.45) is 1.56. The molecule has 24 heavy (non-hydrogen) atoms. The molecule has 0 bridgehead atoms. The highest BCUT2D eigenvalue weighted by Gasteiger charge is 2.16. The molecule has 3 rings (SSSR count). The van der Waals surface area contributed by atoms with Crippen molar-refractivity contribution in [3.8, 4) is 0 Å². The normalized spacial score (nSPS) is 11.1. The summed E-state index contributed by atoms with van der Waals surface area (Å²) in [6, 6.07) is 7.16. The molecule has 0 saturated carbocycles. The van der Waals surface area contributed by atoms with E-state index in [2.05, 4.69) is 11.7 Å². The van der Waals surface area contributed by atoms with E-state index in [0.717, 1.165) is 21.3 Å². The van der Waals surface area contributed by atoms with Gasteiger partial charge in [-0.15, -0.1) is 9.89 Å². The predicted octanol–water partition coefficient (Wildman–Crippen LogP) is 1.22. The molecule has 1 aromatic carbocycles. The molecule has 2 aromatic heterocycles. The molecule has 0 saturated heterocycles. The monoisotopic (exact) mass is 326 g/mol. The lowest BCUT2D eigenvalue weighted by Gasteiger charge is -2.11. The molecule has 0 amide bonds. The van der Waals surface area contributed by atoms with E-state index in [0.29, 0.717) is 11.9 Å². The number of hydrogen-bond donors (Lipinski definition) is 1. The molecule has 3 aromatic rings. The highest BCUT2D eigenvalue weighted by molar-refractivity contribution is 5.92. The van der Waals surface area contributed by atoms with E-state index in [-0.39, 0.29) is 18.0 Å². The van der Waals surface area contributed by atoms with Gasteiger partial charge < -0.3 is 5.11 Å². The van der Waals surface area contributed by atoms with Crippen molar-refractivity contribution in [2.45, 2.75) is 27.0 Å². The third-order valence-corrected chi connectivity index (χ3v) is 3.95. The number of allylic oxidation sites excluding steroid dienone is 1. The maximum Gasteiger partial charge on any atom is 0.366 e. The number of fused-ring (bicyclic) bond motifs is 1. The van der Waals surface area contributed by atoms with Gasteiger partial charge in [-0.1, -0.05) is 24.8 Å². The van der Waals surface area contributed by atoms with Gasteiger partial charge in [0.15, 0.2) is 5.82 Å². The number of benzene rings is 1. The molecule has 7 heteroatoms. The molecule has 124 valence electrons. The third-order valence-electron chi connectivity index (χ3n) is 3.95. The fourth-order valence-electron chi connectivity index (χ4n) is 2.76. The summed E-state index contributed by atoms with van der Waals surface area (Å²) >= 11 is 0. The van der Waals surface area contributed by atoms with Gasteiger partial charge in [-0.3, -0.25) is 9.36 Å². The molecule has 0 unspecified atom stereocenters. The number of nitrogens with zero attached hydrogens (tertiary/aromatic N) is 4. The molecule has 0 aliphatic rings. The highest BCUT2D eigenvalue weighted by Crippen LogP contribution is 2.21. The van der Waals surface area contributed by atoms with Crippen molar-refractivity contribution < 1.29 is 5.11 Å². The average Bonchev–Trinajstić information content (AvgIpc) is 2.90. The van der Waals surface area contributed by atoms with Crippen LogP contribution in [0.1, 0.15) is 25.2 Å². The number of aromatic nitrogens is 4. The molecular weight excluding hydrogens is 308 g/mol. The number of rotatable bonds is 4. The minimum atomic E-state index is -0.480. The minimum absolute atomic E-state index is 0.208. The van der Waals surface area contributed by atoms with Gasteiger partial charge >= 0.3 is 5.69 Å². The maximum atomic E-state index is 12.8. The van der Waals surface area contributed by atoms with E-state index in [1.54, 1.807) is 25.3 Å². The second kappa shape index (κ2) is 5.93. The quantitative estimate of drug-likeness (QED) is 0.781. The van der Waals surface area contributed by atoms with Gasteiger partial charge in [0.05, 0.1) is 0 Å². The SMILES string of the molecule is C=C(C)c1cn(-n2nc(CO)n(CC)c2=O)c(=O)c2ccccc12. The molecule has 0 aliphatic carbocycles. The van der Waals surface area contributed by atoms with Gasteiger partial charge in [0.1, 0.15) is 6.61 Å². The van der Waals surface area contributed by atoms with Crippen LogP contribution in [0.2, 0.25) is 0 Å². The van der Waals surface area contributed by atoms with E-state index in [4.69, 9.17) is 0 Å². The van der Waals surface area contributed by atoms with Crippen LogP contribution >= 0.6 is 0 Å². The van der Waals surface area contributed by atoms with Crippen molar-refractivity contribution in [1.29, 1.82) is 0 Å². The van der Waals surface area contributed by atoms with Crippen LogP contribution in [0.15, 0.2) is 46.6 Å². The van der Waals surface area contributed by atoms with Gasteiger partial charge in [-0.05, 0) is 30.9 Å². The highest BCUT2D eigenvalue weighted by atomic mass is 16.3. The van der Waals surface area contributed by atoms with E-state index < -0.39 is 5.69 Å². The lowest BCUT2D eigenvalue weighted by atomic mass is 10.0. The molecule has 0 aliphatic heterocycles. The molecule has 7 nitrogen and oxygen atoms in total. The van der Waals surface area contributed by atoms with Crippen molar-refractivity contribution in [3.63, 3.8) is 0 Å². The van der Waals surface area contributed by atoms with Gasteiger partial charge in [-0.2, -0.15) is 4.68 Å². The first-order valence-electron chi connectivity index (χ1n) is 7.60. The van der Waals surface area contributed by atoms with Crippen molar-refractivity contribution >= 4 is 16.3 Å². The second-order valence-electron chi connectivity index (χ2n) is 5.51. The lowest BCUT2D eigenvalue weighted by molar-refractivity contribution is 0.263. The smallest absolute Gasteiger partial charge is 0.366 e. The second-order valence-corrected chi connectivity index (χ2v) is 5.51. The number of hydrogen-bond acceptors (Lipinski definition) is 4. The van der Waals surface area contributed by atoms with E-state index in [1.165, 1.54) is 9.24 Å². The topological polar surface area (TPSA) is 82.1 Å². The summed E-state index contributed by atoms with van der Waals surface area (Å²) in [5.74, 6) is 0.208. The molecule has 0 atom stereocenters. The fourth-order valence-corrected chi connectivity index (χ4v) is 2.76. The van der Waals surface area contributed by atoms with Crippen LogP contribution in [-0.4, -0.2) is 24.2 Å². The van der Waals surface area contributed by atoms with Gasteiger partial charge in [0.25, 0.3) is 5.56 Å². The molecule has 2 heterocycles. The third kappa shape index (κ3) is 2.30. The summed E-state index contributed by atoms with van der Waals surface area (Å²) in [6.45, 7) is 7.53. The zero-order valence-electron chi connectivity index (χ0n) is 13.6. The van der Waals surface area contributed by atoms with Crippen LogP contribution in [0.5, 0.6) is 0 Å². The lowest BCUT2D eigenvalue weighted by Crippen LogP contribution is -2.36. The summed E-state index contributed by atoms with van der Waals surface area (Å²) < 4.78 is 2.49. The maximum absolute atomic E-state index is 12.8. The minimum Gasteiger partial charge on any atom is -0.388 e. The van der Waals surface area contributed by atoms with Gasteiger partial charge in [-0.25, -0.2) is 4.79 Å². The fraction of sp³-hybridized carbons (Fsp3) is 0.235. The first-order chi connectivity index (χ1) is 11.5. The molecular formula is C17H18N4O3. The van der Waals surface area contributed by atoms with Crippen molar-refractivity contribution in [2.75, 3.05) is 0 Å². The molecule has 0 radical (unpaired) electrons. The van der Waals surface area contributed by atoms with Gasteiger partial charge in [0, 0.05) is 23.7 Å². The largest absolute Gasteiger partial charge is 0.388 e. The van der Waals surface area contributed by atoms with Crippen LogP contribution < -0.4 is 11.2 Å². The summed E-state index contributed by atoms with van der Waals surface area (Å²) in [5, 5.41) is 14.7. The van der Waals surface area contributed by atoms with E-state index >= 15 is 0 Å². The van der Waals surface area contributed by atoms with Crippen LogP contribution in [0, 0.1) is 0 Å². The first kappa shape index (κ1) is 15.9. The molecule has 0 fully saturated rings. The number of aliphatic hydroxyl groups is 1. The Hall–Kier alpha value is -2.93. The van der Waals surface area contributed by atoms with Crippen molar-refractivity contribution in [3.05, 3.63) is 69.3 Å². The zero-order chi connectivity index (χ0) is 17.4. The van der Waals surface area contributed by atoms with Crippen LogP contribution in [0.4, 0.5) is 0 Å².